The second-order valence-corrected chi connectivity index (χ2v) is 6.95. The van der Waals surface area contributed by atoms with Gasteiger partial charge in [0, 0.05) is 17.6 Å². The van der Waals surface area contributed by atoms with Gasteiger partial charge in [0.1, 0.15) is 29.0 Å². The van der Waals surface area contributed by atoms with Gasteiger partial charge in [-0.05, 0) is 39.0 Å². The summed E-state index contributed by atoms with van der Waals surface area (Å²) in [6, 6.07) is 1.66. The summed E-state index contributed by atoms with van der Waals surface area (Å²) >= 11 is 0. The Morgan fingerprint density at radius 3 is 2.17 bits per heavy atom. The predicted octanol–water partition coefficient (Wildman–Crippen LogP) is 4.15. The SMILES string of the molecule is C=C(C)C(=O)O[C@@H](CC=C(C)C)c1cc(OC)c2c(c1OC)/C(=N/O)C=C/C2=N\O. The zero-order valence-corrected chi connectivity index (χ0v) is 17.7. The zero-order valence-electron chi connectivity index (χ0n) is 17.7. The Balaban J connectivity index is 2.81. The van der Waals surface area contributed by atoms with Gasteiger partial charge in [-0.25, -0.2) is 4.79 Å². The van der Waals surface area contributed by atoms with Crippen LogP contribution in [0.1, 0.15) is 50.0 Å². The number of esters is 1. The number of carbonyl (C=O) groups excluding carboxylic acids is 1. The van der Waals surface area contributed by atoms with E-state index >= 15 is 0 Å². The van der Waals surface area contributed by atoms with Crippen molar-refractivity contribution in [2.24, 2.45) is 10.3 Å². The Kier molecular flexibility index (Phi) is 7.41. The number of benzene rings is 1. The van der Waals surface area contributed by atoms with E-state index in [0.29, 0.717) is 34.6 Å². The molecule has 1 aliphatic carbocycles. The highest BCUT2D eigenvalue weighted by Gasteiger charge is 2.32. The lowest BCUT2D eigenvalue weighted by Crippen LogP contribution is -2.20. The third-order valence-electron chi connectivity index (χ3n) is 4.51. The molecule has 2 N–H and O–H groups in total. The molecule has 2 rings (SSSR count). The number of nitrogens with zero attached hydrogens (tertiary/aromatic N) is 2. The first-order chi connectivity index (χ1) is 14.3. The number of ether oxygens (including phenoxy) is 3. The maximum atomic E-state index is 12.3. The lowest BCUT2D eigenvalue weighted by molar-refractivity contribution is -0.144. The number of hydrogen-bond donors (Lipinski definition) is 2. The van der Waals surface area contributed by atoms with Crippen LogP contribution in [0.15, 0.2) is 52.3 Å². The van der Waals surface area contributed by atoms with Crippen LogP contribution in [-0.2, 0) is 9.53 Å². The molecule has 1 aromatic carbocycles. The fraction of sp³-hybridized carbons (Fsp3) is 0.318. The molecule has 160 valence electrons. The van der Waals surface area contributed by atoms with Gasteiger partial charge in [0.15, 0.2) is 0 Å². The van der Waals surface area contributed by atoms with Crippen molar-refractivity contribution in [1.29, 1.82) is 0 Å². The first kappa shape index (κ1) is 22.7. The molecule has 1 atom stereocenters. The van der Waals surface area contributed by atoms with Gasteiger partial charge in [0.05, 0.1) is 25.3 Å². The van der Waals surface area contributed by atoms with Gasteiger partial charge in [-0.3, -0.25) is 0 Å². The number of hydrogen-bond acceptors (Lipinski definition) is 8. The van der Waals surface area contributed by atoms with Crippen molar-refractivity contribution in [2.45, 2.75) is 33.3 Å². The van der Waals surface area contributed by atoms with Crippen molar-refractivity contribution in [3.8, 4) is 11.5 Å². The van der Waals surface area contributed by atoms with Gasteiger partial charge >= 0.3 is 5.97 Å². The molecule has 0 bridgehead atoms. The van der Waals surface area contributed by atoms with Crippen LogP contribution in [0.3, 0.4) is 0 Å². The molecule has 0 saturated heterocycles. The van der Waals surface area contributed by atoms with E-state index < -0.39 is 12.1 Å². The van der Waals surface area contributed by atoms with E-state index in [1.165, 1.54) is 26.4 Å². The molecule has 1 aliphatic rings. The lowest BCUT2D eigenvalue weighted by atomic mass is 9.88. The van der Waals surface area contributed by atoms with Crippen molar-refractivity contribution in [3.05, 3.63) is 58.7 Å². The monoisotopic (exact) mass is 414 g/mol. The fourth-order valence-corrected chi connectivity index (χ4v) is 3.08. The molecular formula is C22H26N2O6. The number of oxime groups is 2. The molecule has 0 saturated carbocycles. The average Bonchev–Trinajstić information content (AvgIpc) is 2.73. The molecule has 0 amide bonds. The first-order valence-electron chi connectivity index (χ1n) is 9.20. The minimum Gasteiger partial charge on any atom is -0.496 e. The third kappa shape index (κ3) is 4.53. The second-order valence-electron chi connectivity index (χ2n) is 6.95. The smallest absolute Gasteiger partial charge is 0.333 e. The summed E-state index contributed by atoms with van der Waals surface area (Å²) < 4.78 is 16.8. The summed E-state index contributed by atoms with van der Waals surface area (Å²) in [6.45, 7) is 9.08. The predicted molar refractivity (Wildman–Crippen MR) is 113 cm³/mol. The maximum absolute atomic E-state index is 12.3. The van der Waals surface area contributed by atoms with Crippen LogP contribution in [0.4, 0.5) is 0 Å². The Morgan fingerprint density at radius 1 is 1.10 bits per heavy atom. The quantitative estimate of drug-likeness (QED) is 0.228. The average molecular weight is 414 g/mol. The van der Waals surface area contributed by atoms with E-state index in [2.05, 4.69) is 16.9 Å². The Morgan fingerprint density at radius 2 is 1.70 bits per heavy atom. The van der Waals surface area contributed by atoms with Crippen LogP contribution in [0, 0.1) is 0 Å². The molecule has 0 unspecified atom stereocenters. The van der Waals surface area contributed by atoms with Gasteiger partial charge in [0.25, 0.3) is 0 Å². The maximum Gasteiger partial charge on any atom is 0.333 e. The number of allylic oxidation sites excluding steroid dienone is 3. The minimum absolute atomic E-state index is 0.182. The Labute approximate surface area is 175 Å². The molecule has 8 heteroatoms. The first-order valence-corrected chi connectivity index (χ1v) is 9.20. The molecule has 0 aromatic heterocycles. The van der Waals surface area contributed by atoms with Crippen LogP contribution in [0.2, 0.25) is 0 Å². The highest BCUT2D eigenvalue weighted by atomic mass is 16.5. The third-order valence-corrected chi connectivity index (χ3v) is 4.51. The van der Waals surface area contributed by atoms with Crippen molar-refractivity contribution >= 4 is 17.4 Å². The molecule has 0 spiro atoms. The molecule has 30 heavy (non-hydrogen) atoms. The zero-order chi connectivity index (χ0) is 22.4. The van der Waals surface area contributed by atoms with E-state index in [9.17, 15) is 15.2 Å². The van der Waals surface area contributed by atoms with Crippen LogP contribution in [0.5, 0.6) is 11.5 Å². The summed E-state index contributed by atoms with van der Waals surface area (Å²) in [5.74, 6) is 0.105. The highest BCUT2D eigenvalue weighted by Crippen LogP contribution is 2.42. The summed E-state index contributed by atoms with van der Waals surface area (Å²) in [6.07, 6.45) is 4.55. The van der Waals surface area contributed by atoms with Crippen molar-refractivity contribution in [2.75, 3.05) is 14.2 Å². The van der Waals surface area contributed by atoms with E-state index in [0.717, 1.165) is 5.57 Å². The molecule has 0 fully saturated rings. The van der Waals surface area contributed by atoms with Crippen LogP contribution < -0.4 is 9.47 Å². The van der Waals surface area contributed by atoms with E-state index in [1.807, 2.05) is 19.9 Å². The molecule has 8 nitrogen and oxygen atoms in total. The number of methoxy groups -OCH3 is 2. The Hall–Kier alpha value is -3.55. The number of carbonyl (C=O) groups is 1. The molecule has 0 aliphatic heterocycles. The van der Waals surface area contributed by atoms with Crippen LogP contribution in [0.25, 0.3) is 0 Å². The number of fused-ring (bicyclic) bond motifs is 1. The highest BCUT2D eigenvalue weighted by molar-refractivity contribution is 6.27. The summed E-state index contributed by atoms with van der Waals surface area (Å²) in [7, 11) is 2.91. The van der Waals surface area contributed by atoms with Crippen molar-refractivity contribution in [3.63, 3.8) is 0 Å². The topological polar surface area (TPSA) is 110 Å². The van der Waals surface area contributed by atoms with E-state index in [1.54, 1.807) is 13.0 Å². The van der Waals surface area contributed by atoms with Crippen molar-refractivity contribution in [1.82, 2.24) is 0 Å². The van der Waals surface area contributed by atoms with Gasteiger partial charge in [-0.2, -0.15) is 0 Å². The summed E-state index contributed by atoms with van der Waals surface area (Å²) in [5, 5.41) is 25.6. The standard InChI is InChI=1S/C22H26N2O6/c1-12(2)7-10-17(30-22(25)13(3)4)14-11-18(28-5)19-15(23-26)8-9-16(24-27)20(19)21(14)29-6/h7-9,11,17,26-27H,3,10H2,1-2,4-6H3/b23-15+,24-16+/t17-/m0/s1. The van der Waals surface area contributed by atoms with Crippen LogP contribution >= 0.6 is 0 Å². The van der Waals surface area contributed by atoms with Crippen LogP contribution in [-0.4, -0.2) is 42.0 Å². The fourth-order valence-electron chi connectivity index (χ4n) is 3.08. The van der Waals surface area contributed by atoms with Gasteiger partial charge in [-0.1, -0.05) is 28.5 Å². The molecule has 0 radical (unpaired) electrons. The van der Waals surface area contributed by atoms with Gasteiger partial charge in [-0.15, -0.1) is 0 Å². The number of rotatable bonds is 7. The van der Waals surface area contributed by atoms with Gasteiger partial charge in [0.2, 0.25) is 0 Å². The van der Waals surface area contributed by atoms with Gasteiger partial charge < -0.3 is 24.6 Å². The molecule has 1 aromatic rings. The van der Waals surface area contributed by atoms with E-state index in [4.69, 9.17) is 14.2 Å². The second kappa shape index (κ2) is 9.78. The Bertz CT molecular complexity index is 968. The lowest BCUT2D eigenvalue weighted by Gasteiger charge is -2.26. The summed E-state index contributed by atoms with van der Waals surface area (Å²) in [4.78, 5) is 12.3. The molecular weight excluding hydrogens is 388 g/mol. The van der Waals surface area contributed by atoms with E-state index in [-0.39, 0.29) is 17.0 Å². The summed E-state index contributed by atoms with van der Waals surface area (Å²) in [5.41, 5.74) is 2.96. The largest absolute Gasteiger partial charge is 0.496 e. The minimum atomic E-state index is -0.724. The van der Waals surface area contributed by atoms with Crippen molar-refractivity contribution < 1.29 is 29.4 Å². The molecule has 0 heterocycles. The normalized spacial score (nSPS) is 16.0.